The zero-order valence-electron chi connectivity index (χ0n) is 19.5. The molecule has 1 N–H and O–H groups in total. The molecule has 0 aliphatic carbocycles. The van der Waals surface area contributed by atoms with Gasteiger partial charge < -0.3 is 19.9 Å². The summed E-state index contributed by atoms with van der Waals surface area (Å²) in [5.74, 6) is 0.881. The Labute approximate surface area is 210 Å². The van der Waals surface area contributed by atoms with Gasteiger partial charge in [-0.3, -0.25) is 14.6 Å². The number of ether oxygens (including phenoxy) is 1. The third-order valence-corrected chi connectivity index (χ3v) is 5.82. The van der Waals surface area contributed by atoms with E-state index in [-0.39, 0.29) is 36.4 Å². The molecular formula is C23H39IN6O2. The van der Waals surface area contributed by atoms with Gasteiger partial charge in [0.1, 0.15) is 6.54 Å². The SMILES string of the molecule is CN(C)C(=O)CN=C(NCCCN1CCOCC1)N1CCN(Cc2ccccc2)CC1.I. The van der Waals surface area contributed by atoms with Crippen LogP contribution in [0, 0.1) is 0 Å². The van der Waals surface area contributed by atoms with Crippen molar-refractivity contribution >= 4 is 35.8 Å². The van der Waals surface area contributed by atoms with Crippen molar-refractivity contribution in [1.29, 1.82) is 0 Å². The summed E-state index contributed by atoms with van der Waals surface area (Å²) in [4.78, 5) is 25.5. The number of hydrogen-bond acceptors (Lipinski definition) is 5. The highest BCUT2D eigenvalue weighted by Gasteiger charge is 2.20. The molecule has 1 amide bonds. The fourth-order valence-corrected chi connectivity index (χ4v) is 3.84. The molecule has 0 bridgehead atoms. The number of nitrogens with one attached hydrogen (secondary N) is 1. The number of piperazine rings is 1. The minimum absolute atomic E-state index is 0. The molecule has 2 aliphatic rings. The van der Waals surface area contributed by atoms with Gasteiger partial charge in [0.2, 0.25) is 5.91 Å². The summed E-state index contributed by atoms with van der Waals surface area (Å²) in [7, 11) is 3.55. The first-order chi connectivity index (χ1) is 15.1. The number of carbonyl (C=O) groups is 1. The fraction of sp³-hybridized carbons (Fsp3) is 0.652. The maximum Gasteiger partial charge on any atom is 0.243 e. The van der Waals surface area contributed by atoms with Gasteiger partial charge in [-0.25, -0.2) is 4.99 Å². The molecule has 1 aromatic rings. The van der Waals surface area contributed by atoms with E-state index in [0.717, 1.165) is 84.5 Å². The van der Waals surface area contributed by atoms with Gasteiger partial charge in [-0.1, -0.05) is 30.3 Å². The Morgan fingerprint density at radius 1 is 1.03 bits per heavy atom. The summed E-state index contributed by atoms with van der Waals surface area (Å²) in [6, 6.07) is 10.6. The molecule has 9 heteroatoms. The number of hydrogen-bond donors (Lipinski definition) is 1. The minimum atomic E-state index is 0. The Morgan fingerprint density at radius 3 is 2.38 bits per heavy atom. The first-order valence-electron chi connectivity index (χ1n) is 11.4. The minimum Gasteiger partial charge on any atom is -0.379 e. The average molecular weight is 559 g/mol. The highest BCUT2D eigenvalue weighted by Crippen LogP contribution is 2.09. The quantitative estimate of drug-likeness (QED) is 0.224. The second kappa shape index (κ2) is 14.7. The van der Waals surface area contributed by atoms with Crippen LogP contribution in [0.3, 0.4) is 0 Å². The summed E-state index contributed by atoms with van der Waals surface area (Å²) in [5.41, 5.74) is 1.35. The Kier molecular flexibility index (Phi) is 12.3. The summed E-state index contributed by atoms with van der Waals surface area (Å²) in [6.07, 6.45) is 1.05. The van der Waals surface area contributed by atoms with Gasteiger partial charge in [-0.05, 0) is 18.5 Å². The number of halogens is 1. The maximum atomic E-state index is 12.1. The molecule has 2 aliphatic heterocycles. The van der Waals surface area contributed by atoms with Crippen LogP contribution in [0.4, 0.5) is 0 Å². The van der Waals surface area contributed by atoms with Crippen molar-refractivity contribution in [2.45, 2.75) is 13.0 Å². The number of rotatable bonds is 8. The smallest absolute Gasteiger partial charge is 0.243 e. The standard InChI is InChI=1S/C23H38N6O2.HI/c1-26(2)22(30)19-25-23(24-9-6-10-27-15-17-31-18-16-27)29-13-11-28(12-14-29)20-21-7-4-3-5-8-21;/h3-5,7-8H,6,9-20H2,1-2H3,(H,24,25);1H. The van der Waals surface area contributed by atoms with Crippen LogP contribution in [0.25, 0.3) is 0 Å². The zero-order valence-corrected chi connectivity index (χ0v) is 21.9. The highest BCUT2D eigenvalue weighted by molar-refractivity contribution is 14.0. The topological polar surface area (TPSA) is 63.7 Å². The van der Waals surface area contributed by atoms with Gasteiger partial charge in [0, 0.05) is 66.5 Å². The van der Waals surface area contributed by atoms with Crippen molar-refractivity contribution in [1.82, 2.24) is 24.9 Å². The van der Waals surface area contributed by atoms with E-state index in [1.54, 1.807) is 19.0 Å². The van der Waals surface area contributed by atoms with Gasteiger partial charge in [0.05, 0.1) is 13.2 Å². The van der Waals surface area contributed by atoms with Crippen LogP contribution in [-0.2, 0) is 16.1 Å². The Morgan fingerprint density at radius 2 is 1.72 bits per heavy atom. The maximum absolute atomic E-state index is 12.1. The van der Waals surface area contributed by atoms with Crippen molar-refractivity contribution in [3.05, 3.63) is 35.9 Å². The number of benzene rings is 1. The van der Waals surface area contributed by atoms with E-state index >= 15 is 0 Å². The summed E-state index contributed by atoms with van der Waals surface area (Å²) in [5, 5.41) is 3.52. The molecule has 2 heterocycles. The van der Waals surface area contributed by atoms with Crippen LogP contribution in [0.5, 0.6) is 0 Å². The lowest BCUT2D eigenvalue weighted by molar-refractivity contribution is -0.127. The summed E-state index contributed by atoms with van der Waals surface area (Å²) < 4.78 is 5.42. The largest absolute Gasteiger partial charge is 0.379 e. The van der Waals surface area contributed by atoms with E-state index in [2.05, 4.69) is 55.3 Å². The van der Waals surface area contributed by atoms with Gasteiger partial charge in [0.15, 0.2) is 5.96 Å². The predicted octanol–water partition coefficient (Wildman–Crippen LogP) is 1.18. The second-order valence-corrected chi connectivity index (χ2v) is 8.41. The van der Waals surface area contributed by atoms with Gasteiger partial charge >= 0.3 is 0 Å². The molecule has 32 heavy (non-hydrogen) atoms. The molecule has 2 fully saturated rings. The van der Waals surface area contributed by atoms with E-state index in [1.165, 1.54) is 5.56 Å². The molecule has 1 aromatic carbocycles. The van der Waals surface area contributed by atoms with Crippen LogP contribution >= 0.6 is 24.0 Å². The molecular weight excluding hydrogens is 519 g/mol. The van der Waals surface area contributed by atoms with Crippen molar-refractivity contribution in [2.75, 3.05) is 86.2 Å². The van der Waals surface area contributed by atoms with E-state index in [1.807, 2.05) is 0 Å². The Bertz CT molecular complexity index is 689. The molecule has 0 atom stereocenters. The van der Waals surface area contributed by atoms with Crippen molar-refractivity contribution in [3.8, 4) is 0 Å². The second-order valence-electron chi connectivity index (χ2n) is 8.41. The van der Waals surface area contributed by atoms with Gasteiger partial charge in [0.25, 0.3) is 0 Å². The molecule has 2 saturated heterocycles. The Hall–Kier alpha value is -1.43. The monoisotopic (exact) mass is 558 g/mol. The first-order valence-corrected chi connectivity index (χ1v) is 11.4. The van der Waals surface area contributed by atoms with Crippen molar-refractivity contribution < 1.29 is 9.53 Å². The zero-order chi connectivity index (χ0) is 21.9. The van der Waals surface area contributed by atoms with E-state index < -0.39 is 0 Å². The summed E-state index contributed by atoms with van der Waals surface area (Å²) >= 11 is 0. The Balaban J connectivity index is 0.00000363. The average Bonchev–Trinajstić information content (AvgIpc) is 2.80. The lowest BCUT2D eigenvalue weighted by atomic mass is 10.2. The van der Waals surface area contributed by atoms with Crippen molar-refractivity contribution in [3.63, 3.8) is 0 Å². The number of carbonyl (C=O) groups excluding carboxylic acids is 1. The number of morpholine rings is 1. The lowest BCUT2D eigenvalue weighted by Crippen LogP contribution is -2.52. The molecule has 0 spiro atoms. The predicted molar refractivity (Wildman–Crippen MR) is 140 cm³/mol. The first kappa shape index (κ1) is 26.8. The number of aliphatic imine (C=N–C) groups is 1. The van der Waals surface area contributed by atoms with E-state index in [9.17, 15) is 4.79 Å². The van der Waals surface area contributed by atoms with Crippen LogP contribution in [0.1, 0.15) is 12.0 Å². The van der Waals surface area contributed by atoms with E-state index in [0.29, 0.717) is 0 Å². The molecule has 0 saturated carbocycles. The van der Waals surface area contributed by atoms with Gasteiger partial charge in [-0.2, -0.15) is 0 Å². The molecule has 0 radical (unpaired) electrons. The number of nitrogens with zero attached hydrogens (tertiary/aromatic N) is 5. The third-order valence-electron chi connectivity index (χ3n) is 5.82. The van der Waals surface area contributed by atoms with Crippen LogP contribution in [0.15, 0.2) is 35.3 Å². The fourth-order valence-electron chi connectivity index (χ4n) is 3.84. The van der Waals surface area contributed by atoms with Crippen LogP contribution in [0.2, 0.25) is 0 Å². The van der Waals surface area contributed by atoms with E-state index in [4.69, 9.17) is 4.74 Å². The van der Waals surface area contributed by atoms with Gasteiger partial charge in [-0.15, -0.1) is 24.0 Å². The molecule has 8 nitrogen and oxygen atoms in total. The number of amides is 1. The lowest BCUT2D eigenvalue weighted by Gasteiger charge is -2.36. The normalized spacial score (nSPS) is 18.2. The van der Waals surface area contributed by atoms with Crippen molar-refractivity contribution in [2.24, 2.45) is 4.99 Å². The molecule has 3 rings (SSSR count). The number of likely N-dealkylation sites (N-methyl/N-ethyl adjacent to an activating group) is 1. The molecule has 0 aromatic heterocycles. The molecule has 0 unspecified atom stereocenters. The third kappa shape index (κ3) is 9.21. The van der Waals surface area contributed by atoms with Crippen LogP contribution < -0.4 is 5.32 Å². The molecule has 180 valence electrons. The number of guanidine groups is 1. The summed E-state index contributed by atoms with van der Waals surface area (Å²) in [6.45, 7) is 10.6. The van der Waals surface area contributed by atoms with Crippen LogP contribution in [-0.4, -0.2) is 118 Å². The highest BCUT2D eigenvalue weighted by atomic mass is 127.